The van der Waals surface area contributed by atoms with E-state index in [0.717, 1.165) is 41.4 Å². The van der Waals surface area contributed by atoms with Gasteiger partial charge < -0.3 is 4.74 Å². The summed E-state index contributed by atoms with van der Waals surface area (Å²) < 4.78 is 7.35. The topological polar surface area (TPSA) is 44.1 Å². The molecule has 0 fully saturated rings. The molecule has 26 heavy (non-hydrogen) atoms. The van der Waals surface area contributed by atoms with Gasteiger partial charge in [0.1, 0.15) is 5.75 Å². The Hall–Kier alpha value is -3.14. The number of fused-ring (bicyclic) bond motifs is 1. The third kappa shape index (κ3) is 2.94. The maximum atomic E-state index is 12.8. The zero-order chi connectivity index (χ0) is 18.1. The van der Waals surface area contributed by atoms with Crippen LogP contribution in [0.4, 0.5) is 0 Å². The Kier molecular flexibility index (Phi) is 4.17. The summed E-state index contributed by atoms with van der Waals surface area (Å²) in [5.41, 5.74) is 5.41. The molecule has 0 N–H and O–H groups in total. The van der Waals surface area contributed by atoms with Crippen LogP contribution >= 0.6 is 0 Å². The number of aryl methyl sites for hydroxylation is 1. The van der Waals surface area contributed by atoms with Gasteiger partial charge in [-0.25, -0.2) is 4.68 Å². The number of allylic oxidation sites excluding steroid dienone is 1. The molecule has 130 valence electrons. The number of para-hydroxylation sites is 1. The van der Waals surface area contributed by atoms with E-state index in [1.165, 1.54) is 5.56 Å². The summed E-state index contributed by atoms with van der Waals surface area (Å²) in [5.74, 6) is 0.920. The minimum Gasteiger partial charge on any atom is -0.493 e. The van der Waals surface area contributed by atoms with E-state index in [0.29, 0.717) is 5.56 Å². The second kappa shape index (κ2) is 6.64. The summed E-state index contributed by atoms with van der Waals surface area (Å²) in [6.45, 7) is 4.54. The molecule has 4 nitrogen and oxygen atoms in total. The van der Waals surface area contributed by atoms with Gasteiger partial charge in [0.2, 0.25) is 0 Å². The van der Waals surface area contributed by atoms with Crippen molar-refractivity contribution >= 4 is 11.9 Å². The molecule has 1 aliphatic heterocycles. The van der Waals surface area contributed by atoms with Crippen molar-refractivity contribution in [3.8, 4) is 11.4 Å². The average molecular weight is 344 g/mol. The number of nitrogens with zero attached hydrogens (tertiary/aromatic N) is 2. The molecule has 0 radical (unpaired) electrons. The van der Waals surface area contributed by atoms with Gasteiger partial charge in [-0.15, -0.1) is 0 Å². The Bertz CT molecular complexity index is 1000. The first-order valence-corrected chi connectivity index (χ1v) is 8.73. The Morgan fingerprint density at radius 1 is 1.15 bits per heavy atom. The van der Waals surface area contributed by atoms with Gasteiger partial charge in [0.15, 0.2) is 5.78 Å². The minimum absolute atomic E-state index is 0.0288. The van der Waals surface area contributed by atoms with Crippen LogP contribution in [0.3, 0.4) is 0 Å². The van der Waals surface area contributed by atoms with Crippen LogP contribution in [0.1, 0.15) is 32.9 Å². The fourth-order valence-electron chi connectivity index (χ4n) is 3.39. The lowest BCUT2D eigenvalue weighted by molar-refractivity contribution is 0.104. The van der Waals surface area contributed by atoms with E-state index < -0.39 is 0 Å². The third-order valence-electron chi connectivity index (χ3n) is 4.68. The summed E-state index contributed by atoms with van der Waals surface area (Å²) in [4.78, 5) is 12.8. The quantitative estimate of drug-likeness (QED) is 0.523. The van der Waals surface area contributed by atoms with Crippen molar-refractivity contribution in [3.63, 3.8) is 0 Å². The predicted molar refractivity (Wildman–Crippen MR) is 102 cm³/mol. The van der Waals surface area contributed by atoms with Crippen LogP contribution < -0.4 is 4.74 Å². The Balaban J connectivity index is 1.62. The lowest BCUT2D eigenvalue weighted by Crippen LogP contribution is -2.01. The molecule has 1 aromatic heterocycles. The molecule has 0 saturated heterocycles. The molecule has 2 heterocycles. The van der Waals surface area contributed by atoms with Gasteiger partial charge in [0.25, 0.3) is 0 Å². The Morgan fingerprint density at radius 2 is 1.96 bits per heavy atom. The van der Waals surface area contributed by atoms with E-state index in [9.17, 15) is 4.79 Å². The third-order valence-corrected chi connectivity index (χ3v) is 4.68. The van der Waals surface area contributed by atoms with Gasteiger partial charge in [-0.3, -0.25) is 4.79 Å². The molecule has 2 aromatic carbocycles. The Morgan fingerprint density at radius 3 is 2.77 bits per heavy atom. The van der Waals surface area contributed by atoms with Crippen molar-refractivity contribution in [2.45, 2.75) is 20.3 Å². The van der Waals surface area contributed by atoms with Crippen LogP contribution in [0.15, 0.2) is 54.6 Å². The second-order valence-corrected chi connectivity index (χ2v) is 6.46. The lowest BCUT2D eigenvalue weighted by Gasteiger charge is -2.04. The highest BCUT2D eigenvalue weighted by Gasteiger charge is 2.17. The average Bonchev–Trinajstić information content (AvgIpc) is 3.24. The number of carbonyl (C=O) groups excluding carboxylic acids is 1. The van der Waals surface area contributed by atoms with E-state index in [4.69, 9.17) is 4.74 Å². The number of hydrogen-bond acceptors (Lipinski definition) is 3. The molecule has 4 rings (SSSR count). The van der Waals surface area contributed by atoms with Crippen molar-refractivity contribution in [3.05, 3.63) is 82.7 Å². The highest BCUT2D eigenvalue weighted by Crippen LogP contribution is 2.26. The van der Waals surface area contributed by atoms with Crippen LogP contribution in [0, 0.1) is 13.8 Å². The van der Waals surface area contributed by atoms with Gasteiger partial charge in [0.05, 0.1) is 29.2 Å². The minimum atomic E-state index is -0.0288. The number of ether oxygens (including phenoxy) is 1. The first-order valence-electron chi connectivity index (χ1n) is 8.73. The van der Waals surface area contributed by atoms with Gasteiger partial charge >= 0.3 is 0 Å². The molecule has 0 aliphatic carbocycles. The molecule has 3 aromatic rings. The van der Waals surface area contributed by atoms with Crippen molar-refractivity contribution in [1.82, 2.24) is 9.78 Å². The molecular weight excluding hydrogens is 324 g/mol. The van der Waals surface area contributed by atoms with Gasteiger partial charge in [0, 0.05) is 6.42 Å². The van der Waals surface area contributed by atoms with Crippen molar-refractivity contribution in [2.24, 2.45) is 0 Å². The fraction of sp³-hybridized carbons (Fsp3) is 0.182. The second-order valence-electron chi connectivity index (χ2n) is 6.46. The molecule has 0 unspecified atom stereocenters. The van der Waals surface area contributed by atoms with Crippen LogP contribution in [0.5, 0.6) is 5.75 Å². The number of ketones is 1. The van der Waals surface area contributed by atoms with E-state index in [1.54, 1.807) is 6.08 Å². The largest absolute Gasteiger partial charge is 0.493 e. The number of benzene rings is 2. The van der Waals surface area contributed by atoms with Crippen LogP contribution in [0.2, 0.25) is 0 Å². The summed E-state index contributed by atoms with van der Waals surface area (Å²) in [5, 5.41) is 4.55. The summed E-state index contributed by atoms with van der Waals surface area (Å²) in [6, 6.07) is 15.9. The van der Waals surface area contributed by atoms with E-state index in [2.05, 4.69) is 11.2 Å². The number of carbonyl (C=O) groups is 1. The van der Waals surface area contributed by atoms with E-state index >= 15 is 0 Å². The molecule has 0 spiro atoms. The van der Waals surface area contributed by atoms with Crippen molar-refractivity contribution in [2.75, 3.05) is 6.61 Å². The maximum Gasteiger partial charge on any atom is 0.189 e. The summed E-state index contributed by atoms with van der Waals surface area (Å²) in [7, 11) is 0. The number of rotatable bonds is 4. The molecule has 1 aliphatic rings. The van der Waals surface area contributed by atoms with Crippen LogP contribution in [-0.4, -0.2) is 22.2 Å². The molecule has 0 atom stereocenters. The standard InChI is InChI=1S/C22H20N2O2/c1-15-22(16(2)24(23-15)19-6-4-3-5-7-19)20(25)10-8-17-9-11-21-18(14-17)12-13-26-21/h3-11,14H,12-13H2,1-2H3/b10-8+. The molecule has 4 heteroatoms. The number of aromatic nitrogens is 2. The normalized spacial score (nSPS) is 13.0. The highest BCUT2D eigenvalue weighted by atomic mass is 16.5. The maximum absolute atomic E-state index is 12.8. The molecular formula is C22H20N2O2. The number of hydrogen-bond donors (Lipinski definition) is 0. The Labute approximate surface area is 152 Å². The SMILES string of the molecule is Cc1nn(-c2ccccc2)c(C)c1C(=O)/C=C/c1ccc2c(c1)CCO2. The zero-order valence-electron chi connectivity index (χ0n) is 14.9. The predicted octanol–water partition coefficient (Wildman–Crippen LogP) is 4.32. The summed E-state index contributed by atoms with van der Waals surface area (Å²) >= 11 is 0. The van der Waals surface area contributed by atoms with Crippen LogP contribution in [0.25, 0.3) is 11.8 Å². The molecule has 0 amide bonds. The molecule has 0 saturated carbocycles. The van der Waals surface area contributed by atoms with E-state index in [1.807, 2.05) is 67.1 Å². The van der Waals surface area contributed by atoms with Crippen molar-refractivity contribution < 1.29 is 9.53 Å². The monoisotopic (exact) mass is 344 g/mol. The van der Waals surface area contributed by atoms with Gasteiger partial charge in [-0.05, 0) is 55.3 Å². The fourth-order valence-corrected chi connectivity index (χ4v) is 3.39. The zero-order valence-corrected chi connectivity index (χ0v) is 14.9. The van der Waals surface area contributed by atoms with Gasteiger partial charge in [-0.2, -0.15) is 5.10 Å². The van der Waals surface area contributed by atoms with E-state index in [-0.39, 0.29) is 5.78 Å². The smallest absolute Gasteiger partial charge is 0.189 e. The van der Waals surface area contributed by atoms with Crippen molar-refractivity contribution in [1.29, 1.82) is 0 Å². The van der Waals surface area contributed by atoms with Crippen LogP contribution in [-0.2, 0) is 6.42 Å². The highest BCUT2D eigenvalue weighted by molar-refractivity contribution is 6.08. The van der Waals surface area contributed by atoms with Gasteiger partial charge in [-0.1, -0.05) is 30.3 Å². The first-order chi connectivity index (χ1) is 12.6. The molecule has 0 bridgehead atoms. The first kappa shape index (κ1) is 16.3. The summed E-state index contributed by atoms with van der Waals surface area (Å²) in [6.07, 6.45) is 4.41. The lowest BCUT2D eigenvalue weighted by atomic mass is 10.1.